The van der Waals surface area contributed by atoms with Gasteiger partial charge in [0.1, 0.15) is 0 Å². The zero-order valence-corrected chi connectivity index (χ0v) is 6.89. The monoisotopic (exact) mass is 137 g/mol. The van der Waals surface area contributed by atoms with Gasteiger partial charge in [-0.2, -0.15) is 0 Å². The molecule has 0 bridgehead atoms. The molecule has 0 amide bonds. The Kier molecular flexibility index (Phi) is 1.59. The van der Waals surface area contributed by atoms with Crippen molar-refractivity contribution in [1.82, 2.24) is 0 Å². The molecule has 10 heavy (non-hydrogen) atoms. The van der Waals surface area contributed by atoms with Crippen molar-refractivity contribution in [2.24, 2.45) is 17.1 Å². The number of hydrogen-bond acceptors (Lipinski definition) is 1. The van der Waals surface area contributed by atoms with Gasteiger partial charge in [-0.3, -0.25) is 0 Å². The summed E-state index contributed by atoms with van der Waals surface area (Å²) in [5.74, 6) is 0.470. The standard InChI is InChI=1S/C9H15N/c1-7-8(10)5-4-6-9(7,2)3/h4-7H,10H2,1-3H3. The lowest BCUT2D eigenvalue weighted by Crippen LogP contribution is -2.26. The third-order valence-corrected chi connectivity index (χ3v) is 2.43. The summed E-state index contributed by atoms with van der Waals surface area (Å²) in [6.07, 6.45) is 6.22. The first-order chi connectivity index (χ1) is 4.54. The summed E-state index contributed by atoms with van der Waals surface area (Å²) >= 11 is 0. The molecule has 1 aliphatic carbocycles. The molecule has 0 fully saturated rings. The molecular weight excluding hydrogens is 122 g/mol. The van der Waals surface area contributed by atoms with Crippen LogP contribution in [0.1, 0.15) is 20.8 Å². The Hall–Kier alpha value is -0.720. The third kappa shape index (κ3) is 1.08. The van der Waals surface area contributed by atoms with Crippen LogP contribution in [0.5, 0.6) is 0 Å². The quantitative estimate of drug-likeness (QED) is 0.543. The average molecular weight is 137 g/mol. The van der Waals surface area contributed by atoms with E-state index in [0.717, 1.165) is 5.70 Å². The smallest absolute Gasteiger partial charge is 0.0118 e. The van der Waals surface area contributed by atoms with Crippen LogP contribution in [0.25, 0.3) is 0 Å². The maximum Gasteiger partial charge on any atom is 0.0118 e. The molecule has 56 valence electrons. The van der Waals surface area contributed by atoms with E-state index in [-0.39, 0.29) is 5.41 Å². The van der Waals surface area contributed by atoms with Crippen molar-refractivity contribution in [1.29, 1.82) is 0 Å². The average Bonchev–Trinajstić information content (AvgIpc) is 1.83. The van der Waals surface area contributed by atoms with Crippen LogP contribution in [-0.2, 0) is 0 Å². The van der Waals surface area contributed by atoms with Gasteiger partial charge in [0.2, 0.25) is 0 Å². The van der Waals surface area contributed by atoms with Gasteiger partial charge >= 0.3 is 0 Å². The van der Waals surface area contributed by atoms with Gasteiger partial charge in [-0.1, -0.05) is 32.9 Å². The predicted octanol–water partition coefficient (Wildman–Crippen LogP) is 2.06. The largest absolute Gasteiger partial charge is 0.402 e. The van der Waals surface area contributed by atoms with E-state index in [1.165, 1.54) is 0 Å². The molecular formula is C9H15N. The molecule has 1 atom stereocenters. The van der Waals surface area contributed by atoms with Crippen molar-refractivity contribution in [3.05, 3.63) is 23.9 Å². The lowest BCUT2D eigenvalue weighted by atomic mass is 9.75. The zero-order valence-electron chi connectivity index (χ0n) is 6.89. The Morgan fingerprint density at radius 2 is 2.10 bits per heavy atom. The van der Waals surface area contributed by atoms with E-state index in [4.69, 9.17) is 5.73 Å². The van der Waals surface area contributed by atoms with E-state index in [9.17, 15) is 0 Å². The number of hydrogen-bond donors (Lipinski definition) is 1. The molecule has 0 aromatic rings. The van der Waals surface area contributed by atoms with Crippen LogP contribution in [0.4, 0.5) is 0 Å². The number of nitrogens with two attached hydrogens (primary N) is 1. The molecule has 0 aliphatic heterocycles. The molecule has 2 N–H and O–H groups in total. The van der Waals surface area contributed by atoms with Crippen LogP contribution < -0.4 is 5.73 Å². The van der Waals surface area contributed by atoms with E-state index in [1.54, 1.807) is 0 Å². The van der Waals surface area contributed by atoms with E-state index in [0.29, 0.717) is 5.92 Å². The first kappa shape index (κ1) is 7.39. The fourth-order valence-electron chi connectivity index (χ4n) is 1.13. The number of allylic oxidation sites excluding steroid dienone is 4. The molecule has 1 aliphatic rings. The molecule has 1 unspecified atom stereocenters. The van der Waals surface area contributed by atoms with Gasteiger partial charge in [0.25, 0.3) is 0 Å². The van der Waals surface area contributed by atoms with Crippen LogP contribution >= 0.6 is 0 Å². The van der Waals surface area contributed by atoms with Crippen molar-refractivity contribution in [2.75, 3.05) is 0 Å². The Labute approximate surface area is 62.6 Å². The van der Waals surface area contributed by atoms with E-state index in [2.05, 4.69) is 26.8 Å². The van der Waals surface area contributed by atoms with Crippen molar-refractivity contribution < 1.29 is 0 Å². The van der Waals surface area contributed by atoms with Crippen molar-refractivity contribution in [3.63, 3.8) is 0 Å². The summed E-state index contributed by atoms with van der Waals surface area (Å²) < 4.78 is 0. The highest BCUT2D eigenvalue weighted by molar-refractivity contribution is 5.23. The molecule has 0 spiro atoms. The Morgan fingerprint density at radius 3 is 2.50 bits per heavy atom. The van der Waals surface area contributed by atoms with Gasteiger partial charge in [-0.25, -0.2) is 0 Å². The SMILES string of the molecule is CC1C(N)=CC=CC1(C)C. The fraction of sp³-hybridized carbons (Fsp3) is 0.556. The van der Waals surface area contributed by atoms with Crippen LogP contribution in [0.2, 0.25) is 0 Å². The van der Waals surface area contributed by atoms with Gasteiger partial charge in [-0.15, -0.1) is 0 Å². The normalized spacial score (nSPS) is 29.9. The zero-order chi connectivity index (χ0) is 7.78. The first-order valence-electron chi connectivity index (χ1n) is 3.69. The molecule has 1 heteroatoms. The summed E-state index contributed by atoms with van der Waals surface area (Å²) in [5, 5.41) is 0. The summed E-state index contributed by atoms with van der Waals surface area (Å²) in [6, 6.07) is 0. The Bertz CT molecular complexity index is 187. The van der Waals surface area contributed by atoms with Gasteiger partial charge in [-0.05, 0) is 11.5 Å². The molecule has 0 saturated heterocycles. The molecule has 1 nitrogen and oxygen atoms in total. The summed E-state index contributed by atoms with van der Waals surface area (Å²) in [7, 11) is 0. The van der Waals surface area contributed by atoms with E-state index >= 15 is 0 Å². The predicted molar refractivity (Wildman–Crippen MR) is 44.4 cm³/mol. The topological polar surface area (TPSA) is 26.0 Å². The molecule has 0 aromatic carbocycles. The highest BCUT2D eigenvalue weighted by Crippen LogP contribution is 2.34. The van der Waals surface area contributed by atoms with Crippen molar-refractivity contribution >= 4 is 0 Å². The highest BCUT2D eigenvalue weighted by Gasteiger charge is 2.26. The van der Waals surface area contributed by atoms with Gasteiger partial charge in [0.15, 0.2) is 0 Å². The third-order valence-electron chi connectivity index (χ3n) is 2.43. The second kappa shape index (κ2) is 2.15. The van der Waals surface area contributed by atoms with Crippen molar-refractivity contribution in [3.8, 4) is 0 Å². The minimum absolute atomic E-state index is 0.235. The Balaban J connectivity index is 2.89. The van der Waals surface area contributed by atoms with Gasteiger partial charge in [0, 0.05) is 11.6 Å². The molecule has 0 heterocycles. The molecule has 1 rings (SSSR count). The Morgan fingerprint density at radius 1 is 1.50 bits per heavy atom. The molecule has 0 saturated carbocycles. The second-order valence-corrected chi connectivity index (χ2v) is 3.57. The maximum atomic E-state index is 5.76. The lowest BCUT2D eigenvalue weighted by molar-refractivity contribution is 0.344. The van der Waals surface area contributed by atoms with Crippen molar-refractivity contribution in [2.45, 2.75) is 20.8 Å². The van der Waals surface area contributed by atoms with Gasteiger partial charge in [0.05, 0.1) is 0 Å². The second-order valence-electron chi connectivity index (χ2n) is 3.57. The maximum absolute atomic E-state index is 5.76. The van der Waals surface area contributed by atoms with E-state index < -0.39 is 0 Å². The van der Waals surface area contributed by atoms with Crippen LogP contribution in [-0.4, -0.2) is 0 Å². The minimum atomic E-state index is 0.235. The summed E-state index contributed by atoms with van der Waals surface area (Å²) in [5.41, 5.74) is 6.99. The van der Waals surface area contributed by atoms with Gasteiger partial charge < -0.3 is 5.73 Å². The summed E-state index contributed by atoms with van der Waals surface area (Å²) in [4.78, 5) is 0. The first-order valence-corrected chi connectivity index (χ1v) is 3.69. The van der Waals surface area contributed by atoms with Crippen LogP contribution in [0, 0.1) is 11.3 Å². The molecule has 0 aromatic heterocycles. The highest BCUT2D eigenvalue weighted by atomic mass is 14.6. The lowest BCUT2D eigenvalue weighted by Gasteiger charge is -2.31. The molecule has 0 radical (unpaired) electrons. The minimum Gasteiger partial charge on any atom is -0.402 e. The van der Waals surface area contributed by atoms with Crippen LogP contribution in [0.3, 0.4) is 0 Å². The van der Waals surface area contributed by atoms with Crippen LogP contribution in [0.15, 0.2) is 23.9 Å². The van der Waals surface area contributed by atoms with E-state index in [1.807, 2.05) is 12.2 Å². The summed E-state index contributed by atoms with van der Waals surface area (Å²) in [6.45, 7) is 6.57. The fourth-order valence-corrected chi connectivity index (χ4v) is 1.13. The number of rotatable bonds is 0.